The summed E-state index contributed by atoms with van der Waals surface area (Å²) in [4.78, 5) is 2.84. The minimum absolute atomic E-state index is 0.614. The second-order valence-corrected chi connectivity index (χ2v) is 8.92. The number of hydrogen-bond donors (Lipinski definition) is 0. The molecule has 4 bridgehead atoms. The number of fused-ring (bicyclic) bond motifs is 4. The first-order chi connectivity index (χ1) is 10.2. The molecule has 0 spiro atoms. The third-order valence-electron chi connectivity index (χ3n) is 6.57. The van der Waals surface area contributed by atoms with E-state index in [9.17, 15) is 0 Å². The van der Waals surface area contributed by atoms with Crippen molar-refractivity contribution in [1.29, 1.82) is 0 Å². The molecule has 1 aliphatic carbocycles. The van der Waals surface area contributed by atoms with Crippen LogP contribution in [-0.2, 0) is 4.74 Å². The van der Waals surface area contributed by atoms with Gasteiger partial charge >= 0.3 is 0 Å². The van der Waals surface area contributed by atoms with Gasteiger partial charge in [0, 0.05) is 31.2 Å². The van der Waals surface area contributed by atoms with Gasteiger partial charge in [-0.05, 0) is 63.0 Å². The van der Waals surface area contributed by atoms with Crippen molar-refractivity contribution in [3.05, 3.63) is 0 Å². The first-order valence-corrected chi connectivity index (χ1v) is 10.0. The lowest BCUT2D eigenvalue weighted by atomic mass is 9.77. The van der Waals surface area contributed by atoms with Crippen molar-refractivity contribution in [2.75, 3.05) is 32.6 Å². The quantitative estimate of drug-likeness (QED) is 0.741. The van der Waals surface area contributed by atoms with E-state index in [0.717, 1.165) is 25.2 Å². The molecule has 0 amide bonds. The minimum Gasteiger partial charge on any atom is -0.378 e. The molecule has 1 saturated carbocycles. The van der Waals surface area contributed by atoms with Crippen molar-refractivity contribution in [2.45, 2.75) is 63.6 Å². The Balaban J connectivity index is 1.45. The molecule has 3 nitrogen and oxygen atoms in total. The number of nitrogens with zero attached hydrogens (tertiary/aromatic N) is 2. The monoisotopic (exact) mass is 310 g/mol. The van der Waals surface area contributed by atoms with Gasteiger partial charge in [-0.2, -0.15) is 0 Å². The van der Waals surface area contributed by atoms with E-state index in [1.807, 2.05) is 11.9 Å². The fraction of sp³-hybridized carbons (Fsp3) is 1.00. The van der Waals surface area contributed by atoms with E-state index in [1.54, 1.807) is 0 Å². The van der Waals surface area contributed by atoms with E-state index in [0.29, 0.717) is 17.5 Å². The van der Waals surface area contributed by atoms with Gasteiger partial charge in [-0.1, -0.05) is 11.9 Å². The summed E-state index contributed by atoms with van der Waals surface area (Å²) in [5, 5.41) is 0. The van der Waals surface area contributed by atoms with Crippen LogP contribution in [-0.4, -0.2) is 59.9 Å². The molecule has 3 heterocycles. The molecular weight excluding hydrogens is 280 g/mol. The van der Waals surface area contributed by atoms with Crippen molar-refractivity contribution in [3.8, 4) is 0 Å². The molecule has 0 aromatic carbocycles. The Morgan fingerprint density at radius 2 is 2.00 bits per heavy atom. The molecule has 21 heavy (non-hydrogen) atoms. The molecule has 4 aliphatic rings. The van der Waals surface area contributed by atoms with E-state index in [4.69, 9.17) is 4.74 Å². The van der Waals surface area contributed by atoms with Crippen LogP contribution in [0.3, 0.4) is 0 Å². The maximum Gasteiger partial charge on any atom is 0.0622 e. The highest BCUT2D eigenvalue weighted by molar-refractivity contribution is 7.96. The van der Waals surface area contributed by atoms with Gasteiger partial charge in [0.1, 0.15) is 0 Å². The lowest BCUT2D eigenvalue weighted by Gasteiger charge is -2.45. The van der Waals surface area contributed by atoms with E-state index in [2.05, 4.69) is 22.4 Å². The van der Waals surface area contributed by atoms with Crippen LogP contribution in [0.25, 0.3) is 0 Å². The lowest BCUT2D eigenvalue weighted by Crippen LogP contribution is -2.52. The Hall–Kier alpha value is 0.230. The fourth-order valence-electron chi connectivity index (χ4n) is 5.85. The number of piperidine rings is 1. The molecule has 3 saturated heterocycles. The molecule has 0 aromatic heterocycles. The van der Waals surface area contributed by atoms with Crippen molar-refractivity contribution in [2.24, 2.45) is 11.3 Å². The zero-order valence-electron chi connectivity index (χ0n) is 13.6. The Bertz CT molecular complexity index is 377. The third-order valence-corrected chi connectivity index (χ3v) is 7.37. The third kappa shape index (κ3) is 2.66. The van der Waals surface area contributed by atoms with Crippen LogP contribution in [0.1, 0.15) is 45.4 Å². The van der Waals surface area contributed by atoms with Crippen LogP contribution in [0.15, 0.2) is 0 Å². The minimum atomic E-state index is 0.614. The van der Waals surface area contributed by atoms with Crippen molar-refractivity contribution >= 4 is 11.9 Å². The topological polar surface area (TPSA) is 15.7 Å². The summed E-state index contributed by atoms with van der Waals surface area (Å²) in [5.41, 5.74) is 0.614. The summed E-state index contributed by atoms with van der Waals surface area (Å²) in [5.74, 6) is 0.972. The van der Waals surface area contributed by atoms with Gasteiger partial charge in [-0.25, -0.2) is 0 Å². The number of ether oxygens (including phenoxy) is 1. The zero-order valence-corrected chi connectivity index (χ0v) is 14.4. The van der Waals surface area contributed by atoms with Gasteiger partial charge in [0.15, 0.2) is 0 Å². The van der Waals surface area contributed by atoms with Gasteiger partial charge in [-0.15, -0.1) is 0 Å². The standard InChI is InChI=1S/C17H30N2OS/c1-13(19-15-3-4-16(19)11-20-10-15)7-17-6-5-14(8-17)9-18(12-17)21-2/h13-16H,3-12H2,1-2H3. The molecule has 5 unspecified atom stereocenters. The summed E-state index contributed by atoms with van der Waals surface area (Å²) in [6, 6.07) is 2.17. The fourth-order valence-corrected chi connectivity index (χ4v) is 6.62. The van der Waals surface area contributed by atoms with Crippen LogP contribution in [0.2, 0.25) is 0 Å². The maximum absolute atomic E-state index is 5.77. The highest BCUT2D eigenvalue weighted by Crippen LogP contribution is 2.51. The zero-order chi connectivity index (χ0) is 14.4. The van der Waals surface area contributed by atoms with E-state index >= 15 is 0 Å². The van der Waals surface area contributed by atoms with Gasteiger partial charge in [-0.3, -0.25) is 9.21 Å². The average molecular weight is 311 g/mol. The predicted molar refractivity (Wildman–Crippen MR) is 88.4 cm³/mol. The molecule has 0 N–H and O–H groups in total. The SMILES string of the molecule is CSN1CC2CCC(CC(C)N3C4CCC3COC4)(C2)C1. The molecule has 4 fully saturated rings. The summed E-state index contributed by atoms with van der Waals surface area (Å²) in [6.07, 6.45) is 10.8. The predicted octanol–water partition coefficient (Wildman–Crippen LogP) is 3.01. The molecule has 4 rings (SSSR count). The first-order valence-electron chi connectivity index (χ1n) is 8.83. The van der Waals surface area contributed by atoms with E-state index in [1.165, 1.54) is 51.6 Å². The van der Waals surface area contributed by atoms with Crippen LogP contribution in [0, 0.1) is 11.3 Å². The van der Waals surface area contributed by atoms with Gasteiger partial charge in [0.25, 0.3) is 0 Å². The smallest absolute Gasteiger partial charge is 0.0622 e. The van der Waals surface area contributed by atoms with Crippen molar-refractivity contribution in [1.82, 2.24) is 9.21 Å². The normalized spacial score (nSPS) is 45.1. The maximum atomic E-state index is 5.77. The average Bonchev–Trinajstić information content (AvgIpc) is 2.92. The molecule has 5 atom stereocenters. The van der Waals surface area contributed by atoms with Crippen LogP contribution in [0.5, 0.6) is 0 Å². The molecule has 0 aromatic rings. The molecule has 4 heteroatoms. The highest BCUT2D eigenvalue weighted by atomic mass is 32.2. The van der Waals surface area contributed by atoms with Gasteiger partial charge in [0.05, 0.1) is 13.2 Å². The Labute approximate surface area is 133 Å². The Morgan fingerprint density at radius 3 is 2.71 bits per heavy atom. The number of hydrogen-bond acceptors (Lipinski definition) is 4. The Kier molecular flexibility index (Phi) is 4.02. The van der Waals surface area contributed by atoms with E-state index < -0.39 is 0 Å². The summed E-state index contributed by atoms with van der Waals surface area (Å²) < 4.78 is 8.41. The van der Waals surface area contributed by atoms with E-state index in [-0.39, 0.29) is 0 Å². The highest BCUT2D eigenvalue weighted by Gasteiger charge is 2.48. The van der Waals surface area contributed by atoms with Crippen LogP contribution in [0.4, 0.5) is 0 Å². The number of rotatable bonds is 4. The van der Waals surface area contributed by atoms with Gasteiger partial charge in [0.2, 0.25) is 0 Å². The van der Waals surface area contributed by atoms with Crippen LogP contribution >= 0.6 is 11.9 Å². The van der Waals surface area contributed by atoms with Crippen LogP contribution < -0.4 is 0 Å². The van der Waals surface area contributed by atoms with Gasteiger partial charge < -0.3 is 4.74 Å². The molecule has 0 radical (unpaired) electrons. The Morgan fingerprint density at radius 1 is 1.24 bits per heavy atom. The number of morpholine rings is 1. The second kappa shape index (κ2) is 5.70. The molecule has 120 valence electrons. The summed E-state index contributed by atoms with van der Waals surface area (Å²) in [7, 11) is 0. The lowest BCUT2D eigenvalue weighted by molar-refractivity contribution is -0.0440. The molecule has 3 aliphatic heterocycles. The van der Waals surface area contributed by atoms with Crippen molar-refractivity contribution in [3.63, 3.8) is 0 Å². The second-order valence-electron chi connectivity index (χ2n) is 8.04. The summed E-state index contributed by atoms with van der Waals surface area (Å²) in [6.45, 7) is 7.12. The first kappa shape index (κ1) is 14.8. The molecular formula is C17H30N2OS. The summed E-state index contributed by atoms with van der Waals surface area (Å²) >= 11 is 1.97. The largest absolute Gasteiger partial charge is 0.378 e. The van der Waals surface area contributed by atoms with Crippen molar-refractivity contribution < 1.29 is 4.74 Å².